The maximum atomic E-state index is 13.6. The van der Waals surface area contributed by atoms with Crippen LogP contribution >= 0.6 is 0 Å². The number of aromatic nitrogens is 2. The fourth-order valence-electron chi connectivity index (χ4n) is 4.95. The van der Waals surface area contributed by atoms with Crippen molar-refractivity contribution in [3.05, 3.63) is 65.4 Å². The number of carbonyl (C=O) groups is 1. The van der Waals surface area contributed by atoms with Crippen molar-refractivity contribution >= 4 is 5.91 Å². The molecule has 3 heterocycles. The van der Waals surface area contributed by atoms with Gasteiger partial charge in [-0.2, -0.15) is 18.3 Å². The van der Waals surface area contributed by atoms with Gasteiger partial charge in [0.05, 0.1) is 24.1 Å². The van der Waals surface area contributed by atoms with E-state index in [4.69, 9.17) is 9.47 Å². The van der Waals surface area contributed by atoms with E-state index in [1.165, 1.54) is 12.1 Å². The molecule has 2 aliphatic heterocycles. The van der Waals surface area contributed by atoms with Gasteiger partial charge in [0.25, 0.3) is 5.91 Å². The van der Waals surface area contributed by atoms with E-state index in [2.05, 4.69) is 5.10 Å². The highest BCUT2D eigenvalue weighted by Crippen LogP contribution is 2.49. The zero-order valence-electron chi connectivity index (χ0n) is 19.6. The Kier molecular flexibility index (Phi) is 5.73. The lowest BCUT2D eigenvalue weighted by Gasteiger charge is -2.44. The predicted octanol–water partition coefficient (Wildman–Crippen LogP) is 5.42. The Bertz CT molecular complexity index is 1260. The van der Waals surface area contributed by atoms with E-state index in [-0.39, 0.29) is 17.9 Å². The number of benzene rings is 2. The number of hydrogen-bond donors (Lipinski definition) is 0. The van der Waals surface area contributed by atoms with Gasteiger partial charge in [0.15, 0.2) is 0 Å². The van der Waals surface area contributed by atoms with Gasteiger partial charge in [0, 0.05) is 49.7 Å². The van der Waals surface area contributed by atoms with Gasteiger partial charge in [-0.15, -0.1) is 0 Å². The van der Waals surface area contributed by atoms with Crippen LogP contribution in [0.5, 0.6) is 11.5 Å². The van der Waals surface area contributed by atoms with E-state index in [0.717, 1.165) is 28.6 Å². The van der Waals surface area contributed by atoms with Crippen LogP contribution in [0.3, 0.4) is 0 Å². The molecule has 0 radical (unpaired) electrons. The largest absolute Gasteiger partial charge is 0.493 e. The molecular weight excluding hydrogens is 459 g/mol. The number of ether oxygens (including phenoxy) is 2. The van der Waals surface area contributed by atoms with Gasteiger partial charge in [-0.3, -0.25) is 9.48 Å². The van der Waals surface area contributed by atoms with Crippen molar-refractivity contribution in [2.45, 2.75) is 38.0 Å². The Labute approximate surface area is 201 Å². The normalized spacial score (nSPS) is 16.4. The highest BCUT2D eigenvalue weighted by molar-refractivity contribution is 5.94. The molecule has 1 spiro atoms. The monoisotopic (exact) mass is 485 g/mol. The number of fused-ring (bicyclic) bond motifs is 4. The minimum atomic E-state index is -4.62. The van der Waals surface area contributed by atoms with Gasteiger partial charge in [0.2, 0.25) is 0 Å². The number of likely N-dealkylation sites (tertiary alicyclic amines) is 1. The van der Waals surface area contributed by atoms with Crippen molar-refractivity contribution in [2.75, 3.05) is 19.7 Å². The molecule has 1 fully saturated rings. The number of rotatable bonds is 4. The molecule has 184 valence electrons. The Morgan fingerprint density at radius 1 is 1.17 bits per heavy atom. The first-order valence-corrected chi connectivity index (χ1v) is 11.7. The molecule has 1 saturated heterocycles. The minimum absolute atomic E-state index is 0.00546. The summed E-state index contributed by atoms with van der Waals surface area (Å²) in [6, 6.07) is 11.3. The topological polar surface area (TPSA) is 56.6 Å². The van der Waals surface area contributed by atoms with E-state index in [9.17, 15) is 18.0 Å². The Balaban J connectivity index is 1.38. The van der Waals surface area contributed by atoms with E-state index in [0.29, 0.717) is 32.4 Å². The molecule has 3 aromatic rings. The Hall–Kier alpha value is -3.49. The van der Waals surface area contributed by atoms with E-state index >= 15 is 0 Å². The van der Waals surface area contributed by atoms with Crippen molar-refractivity contribution < 1.29 is 27.4 Å². The van der Waals surface area contributed by atoms with E-state index in [1.54, 1.807) is 4.90 Å². The maximum Gasteiger partial charge on any atom is 0.419 e. The SMILES string of the molecule is CCCOc1ccc(C(=O)N2CCC3(CC2)Oc2ccccc2-c2c3cnn2C)cc1C(F)(F)F. The number of piperidine rings is 1. The lowest BCUT2D eigenvalue weighted by molar-refractivity contribution is -0.139. The van der Waals surface area contributed by atoms with Crippen molar-refractivity contribution in [2.24, 2.45) is 7.05 Å². The molecule has 9 heteroatoms. The first kappa shape index (κ1) is 23.3. The molecule has 0 unspecified atom stereocenters. The molecule has 6 nitrogen and oxygen atoms in total. The van der Waals surface area contributed by atoms with Gasteiger partial charge >= 0.3 is 6.18 Å². The summed E-state index contributed by atoms with van der Waals surface area (Å²) < 4.78 is 54.5. The molecule has 2 aromatic carbocycles. The fourth-order valence-corrected chi connectivity index (χ4v) is 4.95. The molecule has 5 rings (SSSR count). The smallest absolute Gasteiger partial charge is 0.419 e. The molecule has 2 aliphatic rings. The third-order valence-electron chi connectivity index (χ3n) is 6.73. The van der Waals surface area contributed by atoms with Crippen LogP contribution in [0, 0.1) is 0 Å². The highest BCUT2D eigenvalue weighted by Gasteiger charge is 2.46. The third kappa shape index (κ3) is 4.02. The number of halogens is 3. The summed E-state index contributed by atoms with van der Waals surface area (Å²) >= 11 is 0. The minimum Gasteiger partial charge on any atom is -0.493 e. The molecule has 0 aliphatic carbocycles. The first-order valence-electron chi connectivity index (χ1n) is 11.7. The van der Waals surface area contributed by atoms with Crippen LogP contribution in [0.1, 0.15) is 47.7 Å². The summed E-state index contributed by atoms with van der Waals surface area (Å²) in [6.07, 6.45) is -1.21. The summed E-state index contributed by atoms with van der Waals surface area (Å²) in [4.78, 5) is 14.8. The fraction of sp³-hybridized carbons (Fsp3) is 0.385. The van der Waals surface area contributed by atoms with Crippen LogP contribution in [-0.2, 0) is 18.8 Å². The van der Waals surface area contributed by atoms with Crippen LogP contribution in [0.2, 0.25) is 0 Å². The standard InChI is InChI=1S/C26H26F3N3O3/c1-3-14-34-22-9-8-17(15-19(22)26(27,28)29)24(33)32-12-10-25(11-13-32)20-16-30-31(2)23(20)18-6-4-5-7-21(18)35-25/h4-9,15-16H,3,10-14H2,1-2H3. The molecule has 0 N–H and O–H groups in total. The van der Waals surface area contributed by atoms with Crippen LogP contribution in [0.25, 0.3) is 11.3 Å². The number of carbonyl (C=O) groups excluding carboxylic acids is 1. The second-order valence-corrected chi connectivity index (χ2v) is 8.97. The highest BCUT2D eigenvalue weighted by atomic mass is 19.4. The number of para-hydroxylation sites is 1. The predicted molar refractivity (Wildman–Crippen MR) is 123 cm³/mol. The molecule has 35 heavy (non-hydrogen) atoms. The number of alkyl halides is 3. The molecular formula is C26H26F3N3O3. The number of amides is 1. The number of nitrogens with zero attached hydrogens (tertiary/aromatic N) is 3. The lowest BCUT2D eigenvalue weighted by Crippen LogP contribution is -2.49. The summed E-state index contributed by atoms with van der Waals surface area (Å²) in [6.45, 7) is 2.69. The van der Waals surface area contributed by atoms with Crippen molar-refractivity contribution in [3.8, 4) is 22.8 Å². The zero-order chi connectivity index (χ0) is 24.8. The van der Waals surface area contributed by atoms with Crippen molar-refractivity contribution in [1.82, 2.24) is 14.7 Å². The lowest BCUT2D eigenvalue weighted by atomic mass is 9.81. The van der Waals surface area contributed by atoms with Crippen LogP contribution < -0.4 is 9.47 Å². The number of hydrogen-bond acceptors (Lipinski definition) is 4. The first-order chi connectivity index (χ1) is 16.7. The summed E-state index contributed by atoms with van der Waals surface area (Å²) in [5, 5.41) is 4.45. The van der Waals surface area contributed by atoms with Crippen LogP contribution in [-0.4, -0.2) is 40.3 Å². The van der Waals surface area contributed by atoms with Gasteiger partial charge in [0.1, 0.15) is 17.1 Å². The van der Waals surface area contributed by atoms with E-state index in [1.807, 2.05) is 49.1 Å². The maximum absolute atomic E-state index is 13.6. The van der Waals surface area contributed by atoms with Crippen molar-refractivity contribution in [1.29, 1.82) is 0 Å². The second-order valence-electron chi connectivity index (χ2n) is 8.97. The second kappa shape index (κ2) is 8.62. The zero-order valence-corrected chi connectivity index (χ0v) is 19.6. The van der Waals surface area contributed by atoms with Crippen LogP contribution in [0.4, 0.5) is 13.2 Å². The van der Waals surface area contributed by atoms with Crippen LogP contribution in [0.15, 0.2) is 48.7 Å². The Morgan fingerprint density at radius 3 is 2.63 bits per heavy atom. The average molecular weight is 486 g/mol. The van der Waals surface area contributed by atoms with Gasteiger partial charge in [-0.05, 0) is 36.8 Å². The van der Waals surface area contributed by atoms with Gasteiger partial charge in [-0.1, -0.05) is 19.1 Å². The molecule has 0 saturated carbocycles. The van der Waals surface area contributed by atoms with Gasteiger partial charge < -0.3 is 14.4 Å². The molecule has 1 aromatic heterocycles. The van der Waals surface area contributed by atoms with Crippen molar-refractivity contribution in [3.63, 3.8) is 0 Å². The summed E-state index contributed by atoms with van der Waals surface area (Å²) in [5.74, 6) is 0.0720. The third-order valence-corrected chi connectivity index (χ3v) is 6.73. The van der Waals surface area contributed by atoms with Gasteiger partial charge in [-0.25, -0.2) is 0 Å². The molecule has 1 amide bonds. The average Bonchev–Trinajstić information content (AvgIpc) is 3.25. The summed E-state index contributed by atoms with van der Waals surface area (Å²) in [5.41, 5.74) is 1.36. The number of aryl methyl sites for hydroxylation is 1. The quantitative estimate of drug-likeness (QED) is 0.495. The van der Waals surface area contributed by atoms with E-state index < -0.39 is 23.2 Å². The molecule has 0 atom stereocenters. The molecule has 0 bridgehead atoms. The summed E-state index contributed by atoms with van der Waals surface area (Å²) in [7, 11) is 1.89. The Morgan fingerprint density at radius 2 is 1.91 bits per heavy atom.